The zero-order valence-corrected chi connectivity index (χ0v) is 11.2. The highest BCUT2D eigenvalue weighted by atomic mass is 16.5. The molecule has 2 aliphatic rings. The number of carbonyl (C=O) groups excluding carboxylic acids is 1. The van der Waals surface area contributed by atoms with Gasteiger partial charge in [-0.3, -0.25) is 4.79 Å². The first-order chi connectivity index (χ1) is 8.22. The van der Waals surface area contributed by atoms with E-state index in [2.05, 4.69) is 11.9 Å². The molecule has 2 aliphatic carbocycles. The number of carbonyl (C=O) groups is 1. The lowest BCUT2D eigenvalue weighted by molar-refractivity contribution is -0.149. The minimum atomic E-state index is 0.0252. The topological polar surface area (TPSA) is 29.5 Å². The second-order valence-corrected chi connectivity index (χ2v) is 5.51. The zero-order valence-electron chi connectivity index (χ0n) is 11.2. The highest BCUT2D eigenvalue weighted by Crippen LogP contribution is 2.32. The van der Waals surface area contributed by atoms with E-state index >= 15 is 0 Å². The normalized spacial score (nSPS) is 30.1. The van der Waals surface area contributed by atoms with Gasteiger partial charge in [-0.25, -0.2) is 0 Å². The fraction of sp³-hybridized carbons (Fsp3) is 0.929. The molecule has 0 aromatic rings. The molecule has 0 aliphatic heterocycles. The Kier molecular flexibility index (Phi) is 4.43. The summed E-state index contributed by atoms with van der Waals surface area (Å²) in [6, 6.07) is 1.52. The highest BCUT2D eigenvalue weighted by molar-refractivity contribution is 5.72. The second kappa shape index (κ2) is 5.85. The molecule has 0 atom stereocenters. The van der Waals surface area contributed by atoms with E-state index in [1.807, 2.05) is 6.92 Å². The number of rotatable bonds is 4. The average molecular weight is 239 g/mol. The smallest absolute Gasteiger partial charge is 0.308 e. The van der Waals surface area contributed by atoms with Crippen LogP contribution in [0.3, 0.4) is 0 Å². The van der Waals surface area contributed by atoms with Gasteiger partial charge in [0.25, 0.3) is 0 Å². The molecule has 2 saturated carbocycles. The van der Waals surface area contributed by atoms with Crippen molar-refractivity contribution >= 4 is 5.97 Å². The van der Waals surface area contributed by atoms with Crippen LogP contribution in [0.2, 0.25) is 0 Å². The molecule has 2 rings (SSSR count). The van der Waals surface area contributed by atoms with Gasteiger partial charge in [0.2, 0.25) is 0 Å². The van der Waals surface area contributed by atoms with Gasteiger partial charge in [0.1, 0.15) is 0 Å². The molecule has 0 aromatic carbocycles. The van der Waals surface area contributed by atoms with E-state index in [-0.39, 0.29) is 11.9 Å². The van der Waals surface area contributed by atoms with Gasteiger partial charge in [-0.2, -0.15) is 0 Å². The van der Waals surface area contributed by atoms with Crippen molar-refractivity contribution in [2.24, 2.45) is 5.92 Å². The third-order valence-corrected chi connectivity index (χ3v) is 4.54. The van der Waals surface area contributed by atoms with E-state index in [0.717, 1.165) is 31.7 Å². The molecule has 0 radical (unpaired) electrons. The van der Waals surface area contributed by atoms with Gasteiger partial charge < -0.3 is 9.64 Å². The molecule has 2 fully saturated rings. The Labute approximate surface area is 105 Å². The summed E-state index contributed by atoms with van der Waals surface area (Å²) in [6.45, 7) is 2.40. The summed E-state index contributed by atoms with van der Waals surface area (Å²) in [5.41, 5.74) is 0. The highest BCUT2D eigenvalue weighted by Gasteiger charge is 2.32. The summed E-state index contributed by atoms with van der Waals surface area (Å²) >= 11 is 0. The standard InChI is InChI=1S/C14H25NO2/c1-3-17-14(16)11-7-9-13(10-8-11)15(2)12-5-4-6-12/h11-13H,3-10H2,1-2H3. The Balaban J connectivity index is 1.75. The van der Waals surface area contributed by atoms with Crippen LogP contribution >= 0.6 is 0 Å². The Morgan fingerprint density at radius 3 is 2.18 bits per heavy atom. The molecule has 17 heavy (non-hydrogen) atoms. The summed E-state index contributed by atoms with van der Waals surface area (Å²) in [7, 11) is 2.26. The molecule has 0 spiro atoms. The van der Waals surface area contributed by atoms with Crippen LogP contribution in [0.1, 0.15) is 51.9 Å². The van der Waals surface area contributed by atoms with E-state index < -0.39 is 0 Å². The minimum Gasteiger partial charge on any atom is -0.466 e. The summed E-state index contributed by atoms with van der Waals surface area (Å²) < 4.78 is 5.10. The molecular formula is C14H25NO2. The molecule has 0 aromatic heterocycles. The van der Waals surface area contributed by atoms with Crippen LogP contribution in [0.4, 0.5) is 0 Å². The number of esters is 1. The molecule has 3 nitrogen and oxygen atoms in total. The lowest BCUT2D eigenvalue weighted by Gasteiger charge is -2.42. The summed E-state index contributed by atoms with van der Waals surface area (Å²) in [4.78, 5) is 14.2. The van der Waals surface area contributed by atoms with Gasteiger partial charge in [0.05, 0.1) is 12.5 Å². The average Bonchev–Trinajstić information content (AvgIpc) is 2.27. The van der Waals surface area contributed by atoms with Gasteiger partial charge in [-0.15, -0.1) is 0 Å². The van der Waals surface area contributed by atoms with E-state index in [1.165, 1.54) is 19.3 Å². The first-order valence-electron chi connectivity index (χ1n) is 7.11. The molecule has 0 saturated heterocycles. The Bertz CT molecular complexity index is 255. The lowest BCUT2D eigenvalue weighted by Crippen LogP contribution is -2.45. The van der Waals surface area contributed by atoms with Crippen LogP contribution < -0.4 is 0 Å². The van der Waals surface area contributed by atoms with Crippen LogP contribution in [0.5, 0.6) is 0 Å². The van der Waals surface area contributed by atoms with Gasteiger partial charge in [-0.05, 0) is 52.5 Å². The van der Waals surface area contributed by atoms with Crippen molar-refractivity contribution in [3.05, 3.63) is 0 Å². The molecule has 0 bridgehead atoms. The molecule has 0 amide bonds. The van der Waals surface area contributed by atoms with Crippen LogP contribution in [0.15, 0.2) is 0 Å². The van der Waals surface area contributed by atoms with Crippen molar-refractivity contribution in [1.29, 1.82) is 0 Å². The number of ether oxygens (including phenoxy) is 1. The van der Waals surface area contributed by atoms with Gasteiger partial charge in [0.15, 0.2) is 0 Å². The summed E-state index contributed by atoms with van der Waals surface area (Å²) in [6.07, 6.45) is 8.49. The third-order valence-electron chi connectivity index (χ3n) is 4.54. The molecule has 0 heterocycles. The maximum absolute atomic E-state index is 11.6. The molecule has 98 valence electrons. The number of nitrogens with zero attached hydrogens (tertiary/aromatic N) is 1. The van der Waals surface area contributed by atoms with E-state index in [9.17, 15) is 4.79 Å². The van der Waals surface area contributed by atoms with Gasteiger partial charge in [-0.1, -0.05) is 6.42 Å². The Morgan fingerprint density at radius 1 is 1.12 bits per heavy atom. The van der Waals surface area contributed by atoms with E-state index in [0.29, 0.717) is 12.6 Å². The van der Waals surface area contributed by atoms with Crippen molar-refractivity contribution in [3.8, 4) is 0 Å². The maximum atomic E-state index is 11.6. The summed E-state index contributed by atoms with van der Waals surface area (Å²) in [5, 5.41) is 0. The fourth-order valence-corrected chi connectivity index (χ4v) is 3.07. The largest absolute Gasteiger partial charge is 0.466 e. The quantitative estimate of drug-likeness (QED) is 0.706. The third kappa shape index (κ3) is 3.01. The van der Waals surface area contributed by atoms with E-state index in [1.54, 1.807) is 0 Å². The number of hydrogen-bond acceptors (Lipinski definition) is 3. The minimum absolute atomic E-state index is 0.0252. The van der Waals surface area contributed by atoms with Gasteiger partial charge in [0, 0.05) is 12.1 Å². The molecule has 0 N–H and O–H groups in total. The first-order valence-corrected chi connectivity index (χ1v) is 7.11. The fourth-order valence-electron chi connectivity index (χ4n) is 3.07. The molecule has 3 heteroatoms. The van der Waals surface area contributed by atoms with Crippen LogP contribution in [-0.2, 0) is 9.53 Å². The lowest BCUT2D eigenvalue weighted by atomic mass is 9.83. The van der Waals surface area contributed by atoms with Crippen molar-refractivity contribution < 1.29 is 9.53 Å². The van der Waals surface area contributed by atoms with Crippen LogP contribution in [-0.4, -0.2) is 36.6 Å². The second-order valence-electron chi connectivity index (χ2n) is 5.51. The van der Waals surface area contributed by atoms with Crippen LogP contribution in [0.25, 0.3) is 0 Å². The zero-order chi connectivity index (χ0) is 12.3. The maximum Gasteiger partial charge on any atom is 0.308 e. The van der Waals surface area contributed by atoms with Crippen molar-refractivity contribution in [3.63, 3.8) is 0 Å². The van der Waals surface area contributed by atoms with E-state index in [4.69, 9.17) is 4.74 Å². The monoisotopic (exact) mass is 239 g/mol. The molecule has 0 unspecified atom stereocenters. The number of hydrogen-bond donors (Lipinski definition) is 0. The Hall–Kier alpha value is -0.570. The van der Waals surface area contributed by atoms with Gasteiger partial charge >= 0.3 is 5.97 Å². The van der Waals surface area contributed by atoms with Crippen molar-refractivity contribution in [2.75, 3.05) is 13.7 Å². The predicted octanol–water partition coefficient (Wildman–Crippen LogP) is 2.59. The predicted molar refractivity (Wildman–Crippen MR) is 67.8 cm³/mol. The SMILES string of the molecule is CCOC(=O)C1CCC(N(C)C2CCC2)CC1. The van der Waals surface area contributed by atoms with Crippen LogP contribution in [0, 0.1) is 5.92 Å². The molecular weight excluding hydrogens is 214 g/mol. The summed E-state index contributed by atoms with van der Waals surface area (Å²) in [5.74, 6) is 0.193. The first kappa shape index (κ1) is 12.9. The van der Waals surface area contributed by atoms with Crippen molar-refractivity contribution in [1.82, 2.24) is 4.90 Å². The Morgan fingerprint density at radius 2 is 1.71 bits per heavy atom. The van der Waals surface area contributed by atoms with Crippen molar-refractivity contribution in [2.45, 2.75) is 64.0 Å².